The predicted molar refractivity (Wildman–Crippen MR) is 103 cm³/mol. The minimum absolute atomic E-state index is 0.0219. The molecule has 0 bridgehead atoms. The first-order valence-corrected chi connectivity index (χ1v) is 10.3. The molecule has 0 spiro atoms. The van der Waals surface area contributed by atoms with Crippen molar-refractivity contribution in [3.63, 3.8) is 0 Å². The maximum absolute atomic E-state index is 12.7. The second kappa shape index (κ2) is 7.31. The lowest BCUT2D eigenvalue weighted by Gasteiger charge is -2.24. The number of rotatable bonds is 6. The van der Waals surface area contributed by atoms with Crippen molar-refractivity contribution in [3.05, 3.63) is 30.1 Å². The van der Waals surface area contributed by atoms with Crippen molar-refractivity contribution in [3.8, 4) is 0 Å². The van der Waals surface area contributed by atoms with Crippen LogP contribution in [-0.4, -0.2) is 51.1 Å². The number of H-pyrrole nitrogens is 1. The van der Waals surface area contributed by atoms with Gasteiger partial charge in [0, 0.05) is 12.6 Å². The van der Waals surface area contributed by atoms with E-state index in [4.69, 9.17) is 0 Å². The number of benzene rings is 1. The fourth-order valence-corrected chi connectivity index (χ4v) is 4.21. The molecule has 2 amide bonds. The van der Waals surface area contributed by atoms with Crippen LogP contribution in [0.1, 0.15) is 43.7 Å². The third kappa shape index (κ3) is 3.72. The highest BCUT2D eigenvalue weighted by atomic mass is 32.2. The SMILES string of the molecule is CC(SCC(=O)N1CCCC1C(=O)NC1CC1)c1nc2ccccc2[nH]1. The zero-order valence-corrected chi connectivity index (χ0v) is 15.7. The Morgan fingerprint density at radius 2 is 2.15 bits per heavy atom. The van der Waals surface area contributed by atoms with Gasteiger partial charge in [-0.3, -0.25) is 9.59 Å². The number of amides is 2. The van der Waals surface area contributed by atoms with E-state index in [2.05, 4.69) is 22.2 Å². The zero-order chi connectivity index (χ0) is 18.1. The number of hydrogen-bond acceptors (Lipinski definition) is 4. The van der Waals surface area contributed by atoms with Gasteiger partial charge in [0.1, 0.15) is 11.9 Å². The van der Waals surface area contributed by atoms with E-state index in [0.29, 0.717) is 18.3 Å². The molecule has 2 aliphatic rings. The van der Waals surface area contributed by atoms with Crippen molar-refractivity contribution in [1.29, 1.82) is 0 Å². The van der Waals surface area contributed by atoms with Crippen molar-refractivity contribution >= 4 is 34.6 Å². The minimum atomic E-state index is -0.287. The number of fused-ring (bicyclic) bond motifs is 1. The van der Waals surface area contributed by atoms with Crippen LogP contribution in [0.15, 0.2) is 24.3 Å². The first-order chi connectivity index (χ1) is 12.6. The van der Waals surface area contributed by atoms with Crippen LogP contribution in [0.5, 0.6) is 0 Å². The van der Waals surface area contributed by atoms with Gasteiger partial charge < -0.3 is 15.2 Å². The van der Waals surface area contributed by atoms with Crippen molar-refractivity contribution in [1.82, 2.24) is 20.2 Å². The number of thioether (sulfide) groups is 1. The molecule has 2 aromatic rings. The topological polar surface area (TPSA) is 78.1 Å². The van der Waals surface area contributed by atoms with E-state index in [1.165, 1.54) is 0 Å². The fourth-order valence-electron chi connectivity index (χ4n) is 3.39. The third-order valence-corrected chi connectivity index (χ3v) is 6.19. The van der Waals surface area contributed by atoms with Crippen molar-refractivity contribution in [2.45, 2.75) is 49.9 Å². The summed E-state index contributed by atoms with van der Waals surface area (Å²) in [5.41, 5.74) is 1.95. The first kappa shape index (κ1) is 17.4. The van der Waals surface area contributed by atoms with Crippen LogP contribution in [0.4, 0.5) is 0 Å². The minimum Gasteiger partial charge on any atom is -0.352 e. The lowest BCUT2D eigenvalue weighted by Crippen LogP contribution is -2.47. The molecule has 0 radical (unpaired) electrons. The van der Waals surface area contributed by atoms with Gasteiger partial charge >= 0.3 is 0 Å². The van der Waals surface area contributed by atoms with Crippen LogP contribution in [-0.2, 0) is 9.59 Å². The maximum Gasteiger partial charge on any atom is 0.243 e. The molecule has 2 unspecified atom stereocenters. The first-order valence-electron chi connectivity index (χ1n) is 9.28. The molecule has 1 aromatic carbocycles. The average Bonchev–Trinajstić information content (AvgIpc) is 3.15. The van der Waals surface area contributed by atoms with Crippen LogP contribution in [0, 0.1) is 0 Å². The molecule has 1 aliphatic heterocycles. The lowest BCUT2D eigenvalue weighted by atomic mass is 10.2. The Morgan fingerprint density at radius 3 is 2.92 bits per heavy atom. The molecule has 2 N–H and O–H groups in total. The number of imidazole rings is 1. The molecule has 2 fully saturated rings. The van der Waals surface area contributed by atoms with E-state index in [0.717, 1.165) is 42.5 Å². The van der Waals surface area contributed by atoms with Crippen molar-refractivity contribution < 1.29 is 9.59 Å². The number of carbonyl (C=O) groups is 2. The quantitative estimate of drug-likeness (QED) is 0.817. The zero-order valence-electron chi connectivity index (χ0n) is 14.9. The summed E-state index contributed by atoms with van der Waals surface area (Å²) in [5.74, 6) is 1.32. The van der Waals surface area contributed by atoms with E-state index in [9.17, 15) is 9.59 Å². The Bertz CT molecular complexity index is 784. The summed E-state index contributed by atoms with van der Waals surface area (Å²) < 4.78 is 0. The average molecular weight is 372 g/mol. The Labute approximate surface area is 157 Å². The van der Waals surface area contributed by atoms with E-state index in [1.54, 1.807) is 16.7 Å². The van der Waals surface area contributed by atoms with Crippen LogP contribution in [0.3, 0.4) is 0 Å². The molecule has 4 rings (SSSR count). The third-order valence-electron chi connectivity index (χ3n) is 5.05. The van der Waals surface area contributed by atoms with Crippen LogP contribution in [0.2, 0.25) is 0 Å². The highest BCUT2D eigenvalue weighted by Crippen LogP contribution is 2.29. The van der Waals surface area contributed by atoms with Crippen LogP contribution >= 0.6 is 11.8 Å². The van der Waals surface area contributed by atoms with Gasteiger partial charge in [0.2, 0.25) is 11.8 Å². The Morgan fingerprint density at radius 1 is 1.35 bits per heavy atom. The molecular weight excluding hydrogens is 348 g/mol. The number of likely N-dealkylation sites (tertiary alicyclic amines) is 1. The summed E-state index contributed by atoms with van der Waals surface area (Å²) in [4.78, 5) is 34.7. The number of aromatic amines is 1. The highest BCUT2D eigenvalue weighted by Gasteiger charge is 2.36. The molecule has 2 heterocycles. The summed E-state index contributed by atoms with van der Waals surface area (Å²) in [5, 5.41) is 3.12. The molecule has 1 saturated carbocycles. The highest BCUT2D eigenvalue weighted by molar-refractivity contribution is 8.00. The molecular formula is C19H24N4O2S. The second-order valence-electron chi connectivity index (χ2n) is 7.12. The number of nitrogens with zero attached hydrogens (tertiary/aromatic N) is 2. The van der Waals surface area contributed by atoms with Gasteiger partial charge in [0.25, 0.3) is 0 Å². The fraction of sp³-hybridized carbons (Fsp3) is 0.526. The molecule has 1 saturated heterocycles. The monoisotopic (exact) mass is 372 g/mol. The smallest absolute Gasteiger partial charge is 0.243 e. The Kier molecular flexibility index (Phi) is 4.89. The van der Waals surface area contributed by atoms with E-state index < -0.39 is 0 Å². The number of para-hydroxylation sites is 2. The molecule has 6 nitrogen and oxygen atoms in total. The van der Waals surface area contributed by atoms with E-state index >= 15 is 0 Å². The molecule has 26 heavy (non-hydrogen) atoms. The largest absolute Gasteiger partial charge is 0.352 e. The number of hydrogen-bond donors (Lipinski definition) is 2. The van der Waals surface area contributed by atoms with E-state index in [1.807, 2.05) is 24.3 Å². The summed E-state index contributed by atoms with van der Waals surface area (Å²) in [6, 6.07) is 7.97. The predicted octanol–water partition coefficient (Wildman–Crippen LogP) is 2.63. The van der Waals surface area contributed by atoms with Crippen molar-refractivity contribution in [2.24, 2.45) is 0 Å². The van der Waals surface area contributed by atoms with E-state index in [-0.39, 0.29) is 23.1 Å². The van der Waals surface area contributed by atoms with Crippen molar-refractivity contribution in [2.75, 3.05) is 12.3 Å². The number of carbonyl (C=O) groups excluding carboxylic acids is 2. The lowest BCUT2D eigenvalue weighted by molar-refractivity contribution is -0.136. The van der Waals surface area contributed by atoms with Gasteiger partial charge in [-0.15, -0.1) is 11.8 Å². The van der Waals surface area contributed by atoms with Gasteiger partial charge in [-0.25, -0.2) is 4.98 Å². The maximum atomic E-state index is 12.7. The summed E-state index contributed by atoms with van der Waals surface area (Å²) in [6.45, 7) is 2.73. The van der Waals surface area contributed by atoms with Gasteiger partial charge in [0.15, 0.2) is 0 Å². The second-order valence-corrected chi connectivity index (χ2v) is 8.45. The number of aromatic nitrogens is 2. The molecule has 2 atom stereocenters. The van der Waals surface area contributed by atoms with Gasteiger partial charge in [-0.1, -0.05) is 12.1 Å². The van der Waals surface area contributed by atoms with Gasteiger partial charge in [-0.2, -0.15) is 0 Å². The van der Waals surface area contributed by atoms with Crippen LogP contribution in [0.25, 0.3) is 11.0 Å². The molecule has 1 aromatic heterocycles. The molecule has 138 valence electrons. The number of nitrogens with one attached hydrogen (secondary N) is 2. The Hall–Kier alpha value is -2.02. The standard InChI is InChI=1S/C19H24N4O2S/c1-12(18-21-14-5-2-3-6-15(14)22-18)26-11-17(24)23-10-4-7-16(23)19(25)20-13-8-9-13/h2-3,5-6,12-13,16H,4,7-11H2,1H3,(H,20,25)(H,21,22). The normalized spacial score (nSPS) is 21.1. The molecule has 7 heteroatoms. The molecule has 1 aliphatic carbocycles. The summed E-state index contributed by atoms with van der Waals surface area (Å²) in [7, 11) is 0. The summed E-state index contributed by atoms with van der Waals surface area (Å²) >= 11 is 1.56. The summed E-state index contributed by atoms with van der Waals surface area (Å²) in [6.07, 6.45) is 3.81. The van der Waals surface area contributed by atoms with Gasteiger partial charge in [0.05, 0.1) is 22.0 Å². The van der Waals surface area contributed by atoms with Crippen LogP contribution < -0.4 is 5.32 Å². The Balaban J connectivity index is 1.34. The van der Waals surface area contributed by atoms with Gasteiger partial charge in [-0.05, 0) is 44.7 Å².